The number of amides is 2. The Kier molecular flexibility index (Phi) is 8.01. The lowest BCUT2D eigenvalue weighted by atomic mass is 9.94. The molecule has 7 heteroatoms. The van der Waals surface area contributed by atoms with Crippen molar-refractivity contribution in [3.05, 3.63) is 83.2 Å². The number of carboxylic acids is 1. The summed E-state index contributed by atoms with van der Waals surface area (Å²) in [6.45, 7) is 3.80. The molecule has 3 aromatic rings. The molecule has 0 aliphatic heterocycles. The first kappa shape index (κ1) is 24.2. The van der Waals surface area contributed by atoms with Crippen molar-refractivity contribution in [1.82, 2.24) is 10.6 Å². The van der Waals surface area contributed by atoms with Crippen molar-refractivity contribution in [2.24, 2.45) is 0 Å². The summed E-state index contributed by atoms with van der Waals surface area (Å²) in [7, 11) is 0. The zero-order valence-electron chi connectivity index (χ0n) is 18.7. The number of hydrogen-bond donors (Lipinski definition) is 3. The molecule has 0 bridgehead atoms. The predicted molar refractivity (Wildman–Crippen MR) is 130 cm³/mol. The highest BCUT2D eigenvalue weighted by molar-refractivity contribution is 7.13. The number of hydrogen-bond acceptors (Lipinski definition) is 4. The Morgan fingerprint density at radius 2 is 1.76 bits per heavy atom. The normalized spacial score (nSPS) is 12.1. The van der Waals surface area contributed by atoms with E-state index in [2.05, 4.69) is 10.6 Å². The fourth-order valence-corrected chi connectivity index (χ4v) is 4.33. The molecule has 0 aliphatic rings. The van der Waals surface area contributed by atoms with Crippen LogP contribution in [-0.2, 0) is 16.0 Å². The van der Waals surface area contributed by atoms with Crippen molar-refractivity contribution < 1.29 is 19.5 Å². The molecule has 1 atom stereocenters. The Morgan fingerprint density at radius 1 is 1.00 bits per heavy atom. The van der Waals surface area contributed by atoms with Crippen LogP contribution in [0.25, 0.3) is 10.4 Å². The minimum atomic E-state index is -1.02. The first-order chi connectivity index (χ1) is 15.7. The molecule has 0 unspecified atom stereocenters. The van der Waals surface area contributed by atoms with E-state index in [4.69, 9.17) is 5.11 Å². The second-order valence-electron chi connectivity index (χ2n) is 8.55. The van der Waals surface area contributed by atoms with Gasteiger partial charge in [-0.3, -0.25) is 14.4 Å². The van der Waals surface area contributed by atoms with Gasteiger partial charge in [-0.05, 0) is 61.4 Å². The molecule has 1 aromatic heterocycles. The summed E-state index contributed by atoms with van der Waals surface area (Å²) in [4.78, 5) is 38.2. The summed E-state index contributed by atoms with van der Waals surface area (Å²) < 4.78 is 0. The topological polar surface area (TPSA) is 95.5 Å². The Hall–Kier alpha value is -3.45. The SMILES string of the molecule is CC(C)(Cc1ccccc1)NC(=O)[C@H](CCC(=O)O)NC(=O)c1cccc(-c2cccs2)c1. The Balaban J connectivity index is 1.72. The lowest BCUT2D eigenvalue weighted by molar-refractivity contribution is -0.137. The average molecular weight is 465 g/mol. The molecule has 33 heavy (non-hydrogen) atoms. The van der Waals surface area contributed by atoms with Gasteiger partial charge in [-0.15, -0.1) is 11.3 Å². The zero-order valence-corrected chi connectivity index (χ0v) is 19.5. The molecule has 0 saturated carbocycles. The largest absolute Gasteiger partial charge is 0.481 e. The van der Waals surface area contributed by atoms with Crippen LogP contribution in [0.4, 0.5) is 0 Å². The van der Waals surface area contributed by atoms with Crippen molar-refractivity contribution in [2.45, 2.75) is 44.7 Å². The van der Waals surface area contributed by atoms with E-state index in [0.717, 1.165) is 16.0 Å². The quantitative estimate of drug-likeness (QED) is 0.411. The number of carboxylic acid groups (broad SMARTS) is 1. The maximum atomic E-state index is 13.1. The molecule has 0 fully saturated rings. The van der Waals surface area contributed by atoms with Crippen LogP contribution in [-0.4, -0.2) is 34.5 Å². The Morgan fingerprint density at radius 3 is 2.42 bits per heavy atom. The van der Waals surface area contributed by atoms with Gasteiger partial charge in [0.2, 0.25) is 5.91 Å². The van der Waals surface area contributed by atoms with Crippen molar-refractivity contribution in [3.63, 3.8) is 0 Å². The average Bonchev–Trinajstić information content (AvgIpc) is 3.31. The molecule has 2 aromatic carbocycles. The van der Waals surface area contributed by atoms with Crippen molar-refractivity contribution in [1.29, 1.82) is 0 Å². The molecule has 3 rings (SSSR count). The van der Waals surface area contributed by atoms with E-state index >= 15 is 0 Å². The number of carbonyl (C=O) groups is 3. The van der Waals surface area contributed by atoms with Gasteiger partial charge in [0.05, 0.1) is 0 Å². The van der Waals surface area contributed by atoms with Crippen molar-refractivity contribution in [2.75, 3.05) is 0 Å². The summed E-state index contributed by atoms with van der Waals surface area (Å²) in [6, 6.07) is 19.9. The van der Waals surface area contributed by atoms with Crippen LogP contribution in [0, 0.1) is 0 Å². The van der Waals surface area contributed by atoms with E-state index in [1.165, 1.54) is 0 Å². The molecule has 6 nitrogen and oxygen atoms in total. The third-order valence-electron chi connectivity index (χ3n) is 5.15. The molecule has 0 spiro atoms. The summed E-state index contributed by atoms with van der Waals surface area (Å²) in [5.74, 6) is -1.84. The van der Waals surface area contributed by atoms with Crippen molar-refractivity contribution in [3.8, 4) is 10.4 Å². The highest BCUT2D eigenvalue weighted by Crippen LogP contribution is 2.25. The van der Waals surface area contributed by atoms with Crippen LogP contribution in [0.5, 0.6) is 0 Å². The summed E-state index contributed by atoms with van der Waals surface area (Å²) in [6.07, 6.45) is 0.369. The van der Waals surface area contributed by atoms with E-state index in [-0.39, 0.29) is 12.8 Å². The first-order valence-corrected chi connectivity index (χ1v) is 11.6. The smallest absolute Gasteiger partial charge is 0.303 e. The van der Waals surface area contributed by atoms with Gasteiger partial charge in [-0.25, -0.2) is 0 Å². The van der Waals surface area contributed by atoms with Crippen LogP contribution >= 0.6 is 11.3 Å². The molecule has 1 heterocycles. The fourth-order valence-electron chi connectivity index (χ4n) is 3.61. The second-order valence-corrected chi connectivity index (χ2v) is 9.50. The van der Waals surface area contributed by atoms with Gasteiger partial charge in [0.15, 0.2) is 0 Å². The summed E-state index contributed by atoms with van der Waals surface area (Å²) in [5, 5.41) is 16.8. The first-order valence-electron chi connectivity index (χ1n) is 10.8. The highest BCUT2D eigenvalue weighted by atomic mass is 32.1. The number of thiophene rings is 1. The number of nitrogens with one attached hydrogen (secondary N) is 2. The van der Waals surface area contributed by atoms with Crippen molar-refractivity contribution >= 4 is 29.1 Å². The molecule has 2 amide bonds. The number of rotatable bonds is 10. The minimum absolute atomic E-state index is 0.00105. The van der Waals surface area contributed by atoms with E-state index in [0.29, 0.717) is 12.0 Å². The molecule has 3 N–H and O–H groups in total. The van der Waals surface area contributed by atoms with Crippen LogP contribution < -0.4 is 10.6 Å². The third kappa shape index (κ3) is 7.29. The number of carbonyl (C=O) groups excluding carboxylic acids is 2. The highest BCUT2D eigenvalue weighted by Gasteiger charge is 2.28. The molecule has 0 aliphatic carbocycles. The van der Waals surface area contributed by atoms with Crippen LogP contribution in [0.15, 0.2) is 72.1 Å². The second kappa shape index (κ2) is 10.9. The fraction of sp³-hybridized carbons (Fsp3) is 0.269. The third-order valence-corrected chi connectivity index (χ3v) is 6.07. The van der Waals surface area contributed by atoms with E-state index < -0.39 is 29.4 Å². The molecule has 0 radical (unpaired) electrons. The van der Waals surface area contributed by atoms with E-state index in [1.807, 2.05) is 67.8 Å². The molecule has 172 valence electrons. The number of benzene rings is 2. The maximum absolute atomic E-state index is 13.1. The molecular formula is C26H28N2O4S. The standard InChI is InChI=1S/C26H28N2O4S/c1-26(2,17-18-8-4-3-5-9-18)28-25(32)21(13-14-23(29)30)27-24(31)20-11-6-10-19(16-20)22-12-7-15-33-22/h3-12,15-16,21H,13-14,17H2,1-2H3,(H,27,31)(H,28,32)(H,29,30)/t21-/m0/s1. The number of aliphatic carboxylic acids is 1. The van der Waals surface area contributed by atoms with Gasteiger partial charge < -0.3 is 15.7 Å². The lowest BCUT2D eigenvalue weighted by Crippen LogP contribution is -2.54. The summed E-state index contributed by atoms with van der Waals surface area (Å²) in [5.41, 5.74) is 1.81. The minimum Gasteiger partial charge on any atom is -0.481 e. The summed E-state index contributed by atoms with van der Waals surface area (Å²) >= 11 is 1.57. The van der Waals surface area contributed by atoms with Crippen LogP contribution in [0.3, 0.4) is 0 Å². The van der Waals surface area contributed by atoms with Gasteiger partial charge in [-0.1, -0.05) is 48.5 Å². The van der Waals surface area contributed by atoms with Crippen LogP contribution in [0.1, 0.15) is 42.6 Å². The van der Waals surface area contributed by atoms with Gasteiger partial charge >= 0.3 is 5.97 Å². The predicted octanol–water partition coefficient (Wildman–Crippen LogP) is 4.52. The van der Waals surface area contributed by atoms with Crippen LogP contribution in [0.2, 0.25) is 0 Å². The monoisotopic (exact) mass is 464 g/mol. The zero-order chi connectivity index (χ0) is 23.8. The molecular weight excluding hydrogens is 436 g/mol. The van der Waals surface area contributed by atoms with E-state index in [9.17, 15) is 14.4 Å². The lowest BCUT2D eigenvalue weighted by Gasteiger charge is -2.29. The maximum Gasteiger partial charge on any atom is 0.303 e. The Bertz CT molecular complexity index is 1090. The molecule has 0 saturated heterocycles. The van der Waals surface area contributed by atoms with E-state index in [1.54, 1.807) is 29.5 Å². The van der Waals surface area contributed by atoms with Gasteiger partial charge in [-0.2, -0.15) is 0 Å². The van der Waals surface area contributed by atoms with Gasteiger partial charge in [0, 0.05) is 22.4 Å². The van der Waals surface area contributed by atoms with Gasteiger partial charge in [0.25, 0.3) is 5.91 Å². The Labute approximate surface area is 197 Å². The van der Waals surface area contributed by atoms with Gasteiger partial charge in [0.1, 0.15) is 6.04 Å².